The molecule has 4 rings (SSSR count). The Kier molecular flexibility index (Phi) is 6.96. The number of anilines is 1. The molecule has 3 heterocycles. The van der Waals surface area contributed by atoms with Gasteiger partial charge in [0.2, 0.25) is 0 Å². The number of aromatic nitrogens is 3. The van der Waals surface area contributed by atoms with E-state index in [9.17, 15) is 4.79 Å². The summed E-state index contributed by atoms with van der Waals surface area (Å²) in [5.41, 5.74) is 1.32. The Morgan fingerprint density at radius 2 is 1.97 bits per heavy atom. The molecule has 1 aliphatic rings. The standard InChI is InChI=1S/C20H25N5O4S2/c1-13-17(31-23-22-13)19(26)25(8-4-7-24-9-11-29-12-10-24)20-21-16-14(27-2)5-6-15(28-3)18(16)30-20/h5-6H,4,7-12H2,1-3H3. The molecule has 1 aromatic carbocycles. The van der Waals surface area contributed by atoms with E-state index in [0.29, 0.717) is 39.3 Å². The van der Waals surface area contributed by atoms with Crippen LogP contribution >= 0.6 is 22.9 Å². The maximum Gasteiger partial charge on any atom is 0.273 e. The topological polar surface area (TPSA) is 89.9 Å². The van der Waals surface area contributed by atoms with E-state index in [2.05, 4.69) is 14.5 Å². The highest BCUT2D eigenvalue weighted by molar-refractivity contribution is 7.22. The fourth-order valence-corrected chi connectivity index (χ4v) is 5.21. The highest BCUT2D eigenvalue weighted by Crippen LogP contribution is 2.40. The second-order valence-electron chi connectivity index (χ2n) is 7.10. The molecule has 0 N–H and O–H groups in total. The second-order valence-corrected chi connectivity index (χ2v) is 8.83. The summed E-state index contributed by atoms with van der Waals surface area (Å²) in [4.78, 5) is 22.8. The number of thiazole rings is 1. The van der Waals surface area contributed by atoms with Crippen LogP contribution in [0.1, 0.15) is 21.8 Å². The van der Waals surface area contributed by atoms with Crippen LogP contribution in [0.2, 0.25) is 0 Å². The van der Waals surface area contributed by atoms with Gasteiger partial charge in [0, 0.05) is 26.2 Å². The maximum atomic E-state index is 13.4. The van der Waals surface area contributed by atoms with Gasteiger partial charge in [-0.05, 0) is 37.0 Å². The molecule has 0 unspecified atom stereocenters. The molecule has 1 amide bonds. The van der Waals surface area contributed by atoms with E-state index in [1.807, 2.05) is 12.1 Å². The number of nitrogens with zero attached hydrogens (tertiary/aromatic N) is 5. The van der Waals surface area contributed by atoms with Crippen molar-refractivity contribution in [2.24, 2.45) is 0 Å². The summed E-state index contributed by atoms with van der Waals surface area (Å²) in [6.07, 6.45) is 0.821. The normalized spacial score (nSPS) is 14.7. The zero-order chi connectivity index (χ0) is 21.8. The number of hydrogen-bond acceptors (Lipinski definition) is 10. The number of carbonyl (C=O) groups excluding carboxylic acids is 1. The highest BCUT2D eigenvalue weighted by atomic mass is 32.1. The van der Waals surface area contributed by atoms with E-state index in [-0.39, 0.29) is 5.91 Å². The lowest BCUT2D eigenvalue weighted by Crippen LogP contribution is -2.39. The summed E-state index contributed by atoms with van der Waals surface area (Å²) in [6.45, 7) is 6.58. The van der Waals surface area contributed by atoms with Crippen molar-refractivity contribution in [2.75, 3.05) is 58.5 Å². The Morgan fingerprint density at radius 3 is 2.65 bits per heavy atom. The molecule has 0 spiro atoms. The number of fused-ring (bicyclic) bond motifs is 1. The molecule has 2 aromatic heterocycles. The molecule has 1 saturated heterocycles. The predicted molar refractivity (Wildman–Crippen MR) is 121 cm³/mol. The minimum absolute atomic E-state index is 0.133. The average molecular weight is 464 g/mol. The van der Waals surface area contributed by atoms with Crippen LogP contribution in [0.25, 0.3) is 10.2 Å². The third-order valence-electron chi connectivity index (χ3n) is 5.18. The molecular weight excluding hydrogens is 438 g/mol. The lowest BCUT2D eigenvalue weighted by Gasteiger charge is -2.27. The zero-order valence-corrected chi connectivity index (χ0v) is 19.4. The third-order valence-corrected chi connectivity index (χ3v) is 7.09. The van der Waals surface area contributed by atoms with E-state index in [1.54, 1.807) is 26.0 Å². The van der Waals surface area contributed by atoms with E-state index >= 15 is 0 Å². The summed E-state index contributed by atoms with van der Waals surface area (Å²) in [5, 5.41) is 4.62. The van der Waals surface area contributed by atoms with Crippen LogP contribution in [0.5, 0.6) is 11.5 Å². The van der Waals surface area contributed by atoms with Crippen molar-refractivity contribution in [1.29, 1.82) is 0 Å². The lowest BCUT2D eigenvalue weighted by molar-refractivity contribution is 0.0376. The molecule has 0 atom stereocenters. The predicted octanol–water partition coefficient (Wildman–Crippen LogP) is 2.84. The quantitative estimate of drug-likeness (QED) is 0.504. The number of rotatable bonds is 8. The fraction of sp³-hybridized carbons (Fsp3) is 0.500. The Bertz CT molecular complexity index is 1010. The van der Waals surface area contributed by atoms with Crippen LogP contribution in [0.4, 0.5) is 5.13 Å². The van der Waals surface area contributed by atoms with Gasteiger partial charge in [0.1, 0.15) is 26.6 Å². The number of amides is 1. The van der Waals surface area contributed by atoms with Crippen molar-refractivity contribution in [2.45, 2.75) is 13.3 Å². The number of morpholine rings is 1. The van der Waals surface area contributed by atoms with Crippen molar-refractivity contribution in [1.82, 2.24) is 19.5 Å². The van der Waals surface area contributed by atoms with E-state index in [0.717, 1.165) is 55.5 Å². The van der Waals surface area contributed by atoms with Crippen LogP contribution < -0.4 is 14.4 Å². The molecule has 3 aromatic rings. The van der Waals surface area contributed by atoms with Crippen molar-refractivity contribution in [3.63, 3.8) is 0 Å². The molecule has 31 heavy (non-hydrogen) atoms. The van der Waals surface area contributed by atoms with Gasteiger partial charge in [-0.3, -0.25) is 14.6 Å². The number of hydrogen-bond donors (Lipinski definition) is 0. The van der Waals surface area contributed by atoms with Crippen molar-refractivity contribution in [3.05, 3.63) is 22.7 Å². The SMILES string of the molecule is COc1ccc(OC)c2sc(N(CCCN3CCOCC3)C(=O)c3snnc3C)nc12. The Morgan fingerprint density at radius 1 is 1.23 bits per heavy atom. The zero-order valence-electron chi connectivity index (χ0n) is 17.8. The highest BCUT2D eigenvalue weighted by Gasteiger charge is 2.26. The molecule has 166 valence electrons. The number of aryl methyl sites for hydroxylation is 1. The van der Waals surface area contributed by atoms with Gasteiger partial charge in [0.05, 0.1) is 33.1 Å². The first kappa shape index (κ1) is 21.9. The van der Waals surface area contributed by atoms with E-state index in [1.165, 1.54) is 11.3 Å². The van der Waals surface area contributed by atoms with E-state index < -0.39 is 0 Å². The molecule has 11 heteroatoms. The van der Waals surface area contributed by atoms with Crippen LogP contribution in [0.3, 0.4) is 0 Å². The Hall–Kier alpha value is -2.34. The van der Waals surface area contributed by atoms with Crippen LogP contribution in [-0.2, 0) is 4.74 Å². The van der Waals surface area contributed by atoms with Crippen molar-refractivity contribution < 1.29 is 19.0 Å². The molecule has 0 saturated carbocycles. The Balaban J connectivity index is 1.64. The number of methoxy groups -OCH3 is 2. The maximum absolute atomic E-state index is 13.4. The first-order valence-corrected chi connectivity index (χ1v) is 11.6. The third kappa shape index (κ3) is 4.64. The Labute approximate surface area is 188 Å². The van der Waals surface area contributed by atoms with Crippen LogP contribution in [0.15, 0.2) is 12.1 Å². The summed E-state index contributed by atoms with van der Waals surface area (Å²) in [5.74, 6) is 1.22. The van der Waals surface area contributed by atoms with Gasteiger partial charge in [-0.2, -0.15) is 0 Å². The van der Waals surface area contributed by atoms with Gasteiger partial charge < -0.3 is 14.2 Å². The van der Waals surface area contributed by atoms with E-state index in [4.69, 9.17) is 19.2 Å². The second kappa shape index (κ2) is 9.86. The first-order chi connectivity index (χ1) is 15.1. The summed E-state index contributed by atoms with van der Waals surface area (Å²) < 4.78 is 21.2. The monoisotopic (exact) mass is 463 g/mol. The molecule has 0 bridgehead atoms. The molecule has 9 nitrogen and oxygen atoms in total. The van der Waals surface area contributed by atoms with Gasteiger partial charge in [0.15, 0.2) is 5.13 Å². The molecule has 1 aliphatic heterocycles. The van der Waals surface area contributed by atoms with Gasteiger partial charge in [0.25, 0.3) is 5.91 Å². The van der Waals surface area contributed by atoms with Crippen LogP contribution in [0, 0.1) is 6.92 Å². The molecular formula is C20H25N5O4S2. The van der Waals surface area contributed by atoms with Crippen LogP contribution in [-0.4, -0.2) is 79.0 Å². The molecule has 1 fully saturated rings. The molecule has 0 radical (unpaired) electrons. The number of carbonyl (C=O) groups is 1. The summed E-state index contributed by atoms with van der Waals surface area (Å²) in [6, 6.07) is 3.68. The van der Waals surface area contributed by atoms with Gasteiger partial charge in [-0.15, -0.1) is 5.10 Å². The van der Waals surface area contributed by atoms with Gasteiger partial charge >= 0.3 is 0 Å². The van der Waals surface area contributed by atoms with Crippen molar-refractivity contribution >= 4 is 44.1 Å². The molecule has 0 aliphatic carbocycles. The number of ether oxygens (including phenoxy) is 3. The minimum Gasteiger partial charge on any atom is -0.495 e. The first-order valence-electron chi connectivity index (χ1n) is 10.0. The van der Waals surface area contributed by atoms with Gasteiger partial charge in [-0.25, -0.2) is 4.98 Å². The van der Waals surface area contributed by atoms with Gasteiger partial charge in [-0.1, -0.05) is 15.8 Å². The number of benzene rings is 1. The lowest BCUT2D eigenvalue weighted by atomic mass is 10.3. The minimum atomic E-state index is -0.133. The average Bonchev–Trinajstić information content (AvgIpc) is 3.43. The fourth-order valence-electron chi connectivity index (χ4n) is 3.50. The van der Waals surface area contributed by atoms with Crippen molar-refractivity contribution in [3.8, 4) is 11.5 Å². The summed E-state index contributed by atoms with van der Waals surface area (Å²) >= 11 is 2.54. The summed E-state index contributed by atoms with van der Waals surface area (Å²) in [7, 11) is 3.23. The smallest absolute Gasteiger partial charge is 0.273 e. The largest absolute Gasteiger partial charge is 0.495 e.